The second kappa shape index (κ2) is 8.11. The highest BCUT2D eigenvalue weighted by atomic mass is 16.2. The molecule has 1 aliphatic heterocycles. The van der Waals surface area contributed by atoms with Gasteiger partial charge in [0.25, 0.3) is 5.91 Å². The van der Waals surface area contributed by atoms with E-state index in [1.54, 1.807) is 0 Å². The Morgan fingerprint density at radius 3 is 2.58 bits per heavy atom. The SMILES string of the molecule is CCCCCCCc1cccc2cccc(/C=C3\CNNC3=O)c12. The summed E-state index contributed by atoms with van der Waals surface area (Å²) in [7, 11) is 0. The van der Waals surface area contributed by atoms with Crippen LogP contribution in [0, 0.1) is 0 Å². The second-order valence-corrected chi connectivity index (χ2v) is 6.50. The smallest absolute Gasteiger partial charge is 0.262 e. The first-order valence-electron chi connectivity index (χ1n) is 9.04. The third-order valence-electron chi connectivity index (χ3n) is 4.68. The van der Waals surface area contributed by atoms with Gasteiger partial charge in [-0.25, -0.2) is 5.43 Å². The number of amides is 1. The summed E-state index contributed by atoms with van der Waals surface area (Å²) in [6.45, 7) is 2.83. The molecule has 0 unspecified atom stereocenters. The number of aryl methyl sites for hydroxylation is 1. The van der Waals surface area contributed by atoms with Crippen LogP contribution in [0.4, 0.5) is 0 Å². The molecule has 3 heteroatoms. The number of carbonyl (C=O) groups is 1. The molecular weight excluding hydrogens is 296 g/mol. The van der Waals surface area contributed by atoms with Crippen LogP contribution in [-0.4, -0.2) is 12.5 Å². The van der Waals surface area contributed by atoms with Crippen LogP contribution in [0.25, 0.3) is 16.8 Å². The molecule has 1 amide bonds. The maximum atomic E-state index is 11.8. The molecule has 1 aliphatic rings. The summed E-state index contributed by atoms with van der Waals surface area (Å²) in [4.78, 5) is 11.8. The van der Waals surface area contributed by atoms with Crippen molar-refractivity contribution in [2.24, 2.45) is 0 Å². The summed E-state index contributed by atoms with van der Waals surface area (Å²) < 4.78 is 0. The van der Waals surface area contributed by atoms with Gasteiger partial charge in [-0.1, -0.05) is 69.0 Å². The summed E-state index contributed by atoms with van der Waals surface area (Å²) in [5, 5.41) is 2.55. The van der Waals surface area contributed by atoms with Crippen LogP contribution in [0.5, 0.6) is 0 Å². The van der Waals surface area contributed by atoms with E-state index in [9.17, 15) is 4.79 Å². The molecule has 0 bridgehead atoms. The molecule has 0 saturated carbocycles. The van der Waals surface area contributed by atoms with E-state index in [0.717, 1.165) is 17.6 Å². The first-order chi connectivity index (χ1) is 11.8. The fraction of sp³-hybridized carbons (Fsp3) is 0.381. The van der Waals surface area contributed by atoms with Gasteiger partial charge < -0.3 is 0 Å². The zero-order chi connectivity index (χ0) is 16.8. The average Bonchev–Trinajstić information content (AvgIpc) is 3.00. The molecule has 1 saturated heterocycles. The Morgan fingerprint density at radius 1 is 1.04 bits per heavy atom. The largest absolute Gasteiger partial charge is 0.287 e. The predicted molar refractivity (Wildman–Crippen MR) is 101 cm³/mol. The second-order valence-electron chi connectivity index (χ2n) is 6.50. The minimum Gasteiger partial charge on any atom is -0.287 e. The summed E-state index contributed by atoms with van der Waals surface area (Å²) in [6.07, 6.45) is 9.58. The van der Waals surface area contributed by atoms with Crippen molar-refractivity contribution in [3.63, 3.8) is 0 Å². The molecule has 0 spiro atoms. The molecule has 1 heterocycles. The van der Waals surface area contributed by atoms with Crippen molar-refractivity contribution in [3.8, 4) is 0 Å². The van der Waals surface area contributed by atoms with Crippen molar-refractivity contribution in [2.75, 3.05) is 6.54 Å². The minimum absolute atomic E-state index is 0.0240. The highest BCUT2D eigenvalue weighted by Gasteiger charge is 2.16. The number of hydrogen-bond acceptors (Lipinski definition) is 2. The Kier molecular flexibility index (Phi) is 5.65. The van der Waals surface area contributed by atoms with E-state index in [2.05, 4.69) is 54.2 Å². The molecule has 0 aromatic heterocycles. The van der Waals surface area contributed by atoms with Gasteiger partial charge in [0, 0.05) is 12.1 Å². The van der Waals surface area contributed by atoms with Gasteiger partial charge in [-0.15, -0.1) is 0 Å². The third kappa shape index (κ3) is 3.85. The Bertz CT molecular complexity index is 743. The fourth-order valence-electron chi connectivity index (χ4n) is 3.38. The lowest BCUT2D eigenvalue weighted by molar-refractivity contribution is -0.116. The average molecular weight is 322 g/mol. The van der Waals surface area contributed by atoms with Gasteiger partial charge in [0.05, 0.1) is 0 Å². The Hall–Kier alpha value is -2.13. The number of fused-ring (bicyclic) bond motifs is 1. The number of carbonyl (C=O) groups excluding carboxylic acids is 1. The number of hydrazine groups is 1. The van der Waals surface area contributed by atoms with Crippen LogP contribution in [0.2, 0.25) is 0 Å². The van der Waals surface area contributed by atoms with Crippen molar-refractivity contribution >= 4 is 22.8 Å². The first-order valence-corrected chi connectivity index (χ1v) is 9.04. The van der Waals surface area contributed by atoms with Gasteiger partial charge in [0.15, 0.2) is 0 Å². The molecule has 2 aromatic rings. The molecule has 3 nitrogen and oxygen atoms in total. The third-order valence-corrected chi connectivity index (χ3v) is 4.68. The summed E-state index contributed by atoms with van der Waals surface area (Å²) in [5.41, 5.74) is 8.87. The normalized spacial score (nSPS) is 16.0. The van der Waals surface area contributed by atoms with Gasteiger partial charge in [0.2, 0.25) is 0 Å². The van der Waals surface area contributed by atoms with Gasteiger partial charge >= 0.3 is 0 Å². The molecule has 3 rings (SSSR count). The molecule has 126 valence electrons. The van der Waals surface area contributed by atoms with E-state index in [1.807, 2.05) is 6.08 Å². The summed E-state index contributed by atoms with van der Waals surface area (Å²) in [5.74, 6) is -0.0240. The van der Waals surface area contributed by atoms with E-state index in [-0.39, 0.29) is 5.91 Å². The van der Waals surface area contributed by atoms with Crippen LogP contribution in [0.15, 0.2) is 42.0 Å². The lowest BCUT2D eigenvalue weighted by atomic mass is 9.94. The standard InChI is InChI=1S/C21H26N2O/c1-2-3-4-5-6-9-16-10-7-11-17-12-8-13-18(20(16)17)14-19-15-22-23-21(19)24/h7-8,10-14,22H,2-6,9,15H2,1H3,(H,23,24)/b19-14+. The molecule has 2 aromatic carbocycles. The minimum atomic E-state index is -0.0240. The van der Waals surface area contributed by atoms with Crippen molar-refractivity contribution in [1.82, 2.24) is 10.9 Å². The molecule has 0 aliphatic carbocycles. The first kappa shape index (κ1) is 16.7. The fourth-order valence-corrected chi connectivity index (χ4v) is 3.38. The lowest BCUT2D eigenvalue weighted by Gasteiger charge is -2.10. The van der Waals surface area contributed by atoms with Gasteiger partial charge in [0.1, 0.15) is 0 Å². The number of hydrogen-bond donors (Lipinski definition) is 2. The zero-order valence-electron chi connectivity index (χ0n) is 14.4. The quantitative estimate of drug-likeness (QED) is 0.587. The lowest BCUT2D eigenvalue weighted by Crippen LogP contribution is -2.25. The topological polar surface area (TPSA) is 41.1 Å². The summed E-state index contributed by atoms with van der Waals surface area (Å²) in [6, 6.07) is 12.9. The van der Waals surface area contributed by atoms with Crippen molar-refractivity contribution in [1.29, 1.82) is 0 Å². The maximum absolute atomic E-state index is 11.8. The van der Waals surface area contributed by atoms with E-state index in [1.165, 1.54) is 48.4 Å². The van der Waals surface area contributed by atoms with Crippen molar-refractivity contribution in [2.45, 2.75) is 45.4 Å². The van der Waals surface area contributed by atoms with Crippen LogP contribution < -0.4 is 10.9 Å². The number of benzene rings is 2. The molecule has 1 fully saturated rings. The Morgan fingerprint density at radius 2 is 1.83 bits per heavy atom. The maximum Gasteiger partial charge on any atom is 0.262 e. The van der Waals surface area contributed by atoms with Crippen molar-refractivity contribution in [3.05, 3.63) is 53.1 Å². The Balaban J connectivity index is 1.88. The monoisotopic (exact) mass is 322 g/mol. The van der Waals surface area contributed by atoms with Crippen LogP contribution in [-0.2, 0) is 11.2 Å². The van der Waals surface area contributed by atoms with Crippen LogP contribution in [0.3, 0.4) is 0 Å². The molecule has 0 radical (unpaired) electrons. The zero-order valence-corrected chi connectivity index (χ0v) is 14.4. The van der Waals surface area contributed by atoms with Crippen LogP contribution >= 0.6 is 0 Å². The van der Waals surface area contributed by atoms with E-state index in [4.69, 9.17) is 0 Å². The van der Waals surface area contributed by atoms with Crippen LogP contribution in [0.1, 0.15) is 50.2 Å². The molecule has 2 N–H and O–H groups in total. The van der Waals surface area contributed by atoms with E-state index < -0.39 is 0 Å². The number of rotatable bonds is 7. The molecule has 0 atom stereocenters. The highest BCUT2D eigenvalue weighted by Crippen LogP contribution is 2.27. The molecule has 24 heavy (non-hydrogen) atoms. The van der Waals surface area contributed by atoms with Gasteiger partial charge in [-0.2, -0.15) is 0 Å². The number of nitrogens with one attached hydrogen (secondary N) is 2. The van der Waals surface area contributed by atoms with Gasteiger partial charge in [-0.05, 0) is 40.8 Å². The van der Waals surface area contributed by atoms with Crippen molar-refractivity contribution < 1.29 is 4.79 Å². The highest BCUT2D eigenvalue weighted by molar-refractivity contribution is 6.03. The number of unbranched alkanes of at least 4 members (excludes halogenated alkanes) is 4. The van der Waals surface area contributed by atoms with E-state index >= 15 is 0 Å². The predicted octanol–water partition coefficient (Wildman–Crippen LogP) is 4.37. The molecular formula is C21H26N2O. The van der Waals surface area contributed by atoms with E-state index in [0.29, 0.717) is 6.54 Å². The van der Waals surface area contributed by atoms with Gasteiger partial charge in [-0.3, -0.25) is 10.2 Å². The summed E-state index contributed by atoms with van der Waals surface area (Å²) >= 11 is 0. The Labute approximate surface area is 144 Å².